The Labute approximate surface area is 120 Å². The number of aryl methyl sites for hydroxylation is 2. The summed E-state index contributed by atoms with van der Waals surface area (Å²) in [7, 11) is 0. The summed E-state index contributed by atoms with van der Waals surface area (Å²) >= 11 is 3.57. The highest BCUT2D eigenvalue weighted by atomic mass is 79.9. The smallest absolute Gasteiger partial charge is 0.0236 e. The third-order valence-electron chi connectivity index (χ3n) is 4.02. The van der Waals surface area contributed by atoms with Gasteiger partial charge in [0.15, 0.2) is 0 Å². The standard InChI is InChI=1S/C16H24BrN/c1-13-5-6-14(2)16(10-13)12-18-9-3-4-15(11-18)7-8-17/h5-6,10,15H,3-4,7-9,11-12H2,1-2H3. The van der Waals surface area contributed by atoms with Gasteiger partial charge in [0, 0.05) is 18.4 Å². The lowest BCUT2D eigenvalue weighted by Gasteiger charge is -2.33. The number of hydrogen-bond donors (Lipinski definition) is 0. The van der Waals surface area contributed by atoms with Crippen molar-refractivity contribution in [1.29, 1.82) is 0 Å². The molecule has 0 bridgehead atoms. The van der Waals surface area contributed by atoms with E-state index < -0.39 is 0 Å². The lowest BCUT2D eigenvalue weighted by atomic mass is 9.95. The summed E-state index contributed by atoms with van der Waals surface area (Å²) in [5, 5.41) is 1.15. The molecule has 2 rings (SSSR count). The van der Waals surface area contributed by atoms with Crippen molar-refractivity contribution in [2.24, 2.45) is 5.92 Å². The third kappa shape index (κ3) is 3.83. The first kappa shape index (κ1) is 14.1. The molecule has 1 atom stereocenters. The number of benzene rings is 1. The van der Waals surface area contributed by atoms with Crippen LogP contribution >= 0.6 is 15.9 Å². The maximum atomic E-state index is 3.57. The third-order valence-corrected chi connectivity index (χ3v) is 4.48. The van der Waals surface area contributed by atoms with E-state index in [0.29, 0.717) is 0 Å². The molecular formula is C16H24BrN. The van der Waals surface area contributed by atoms with Crippen LogP contribution < -0.4 is 0 Å². The maximum Gasteiger partial charge on any atom is 0.0236 e. The van der Waals surface area contributed by atoms with Crippen LogP contribution in [0, 0.1) is 19.8 Å². The molecule has 2 heteroatoms. The Balaban J connectivity index is 1.98. The SMILES string of the molecule is Cc1ccc(C)c(CN2CCCC(CCBr)C2)c1. The largest absolute Gasteiger partial charge is 0.299 e. The number of likely N-dealkylation sites (tertiary alicyclic amines) is 1. The van der Waals surface area contributed by atoms with E-state index in [-0.39, 0.29) is 0 Å². The highest BCUT2D eigenvalue weighted by Gasteiger charge is 2.19. The van der Waals surface area contributed by atoms with Gasteiger partial charge in [-0.3, -0.25) is 4.90 Å². The molecule has 1 saturated heterocycles. The van der Waals surface area contributed by atoms with Gasteiger partial charge >= 0.3 is 0 Å². The summed E-state index contributed by atoms with van der Waals surface area (Å²) < 4.78 is 0. The molecule has 1 nitrogen and oxygen atoms in total. The van der Waals surface area contributed by atoms with Crippen molar-refractivity contribution < 1.29 is 0 Å². The van der Waals surface area contributed by atoms with Crippen LogP contribution in [0.25, 0.3) is 0 Å². The van der Waals surface area contributed by atoms with Crippen molar-refractivity contribution in [1.82, 2.24) is 4.90 Å². The van der Waals surface area contributed by atoms with Crippen LogP contribution in [0.2, 0.25) is 0 Å². The Morgan fingerprint density at radius 3 is 2.94 bits per heavy atom. The Bertz CT molecular complexity index is 387. The Morgan fingerprint density at radius 2 is 2.17 bits per heavy atom. The zero-order chi connectivity index (χ0) is 13.0. The average Bonchev–Trinajstić information content (AvgIpc) is 2.35. The summed E-state index contributed by atoms with van der Waals surface area (Å²) in [6, 6.07) is 6.82. The summed E-state index contributed by atoms with van der Waals surface area (Å²) in [4.78, 5) is 2.64. The summed E-state index contributed by atoms with van der Waals surface area (Å²) in [6.45, 7) is 8.10. The average molecular weight is 310 g/mol. The van der Waals surface area contributed by atoms with Gasteiger partial charge < -0.3 is 0 Å². The van der Waals surface area contributed by atoms with Crippen LogP contribution in [-0.2, 0) is 6.54 Å². The van der Waals surface area contributed by atoms with Crippen molar-refractivity contribution in [3.8, 4) is 0 Å². The number of rotatable bonds is 4. The molecule has 0 amide bonds. The van der Waals surface area contributed by atoms with Gasteiger partial charge in [0.25, 0.3) is 0 Å². The second-order valence-corrected chi connectivity index (χ2v) is 6.44. The van der Waals surface area contributed by atoms with E-state index in [4.69, 9.17) is 0 Å². The molecule has 1 aromatic rings. The van der Waals surface area contributed by atoms with Crippen LogP contribution in [0.15, 0.2) is 18.2 Å². The van der Waals surface area contributed by atoms with E-state index in [9.17, 15) is 0 Å². The van der Waals surface area contributed by atoms with E-state index in [2.05, 4.69) is 52.9 Å². The van der Waals surface area contributed by atoms with E-state index in [0.717, 1.165) is 17.8 Å². The fourth-order valence-corrected chi connectivity index (χ4v) is 3.54. The molecule has 0 spiro atoms. The number of halogens is 1. The highest BCUT2D eigenvalue weighted by molar-refractivity contribution is 9.09. The van der Waals surface area contributed by atoms with Crippen molar-refractivity contribution in [2.45, 2.75) is 39.7 Å². The van der Waals surface area contributed by atoms with Gasteiger partial charge in [0.2, 0.25) is 0 Å². The summed E-state index contributed by atoms with van der Waals surface area (Å²) in [5.74, 6) is 0.892. The first-order chi connectivity index (χ1) is 8.69. The van der Waals surface area contributed by atoms with E-state index in [1.165, 1.54) is 49.0 Å². The topological polar surface area (TPSA) is 3.24 Å². The van der Waals surface area contributed by atoms with Crippen molar-refractivity contribution in [2.75, 3.05) is 18.4 Å². The number of piperidine rings is 1. The molecule has 1 unspecified atom stereocenters. The number of hydrogen-bond acceptors (Lipinski definition) is 1. The highest BCUT2D eigenvalue weighted by Crippen LogP contribution is 2.23. The number of alkyl halides is 1. The predicted octanol–water partition coefficient (Wildman–Crippen LogP) is 4.30. The van der Waals surface area contributed by atoms with E-state index >= 15 is 0 Å². The molecule has 0 aliphatic carbocycles. The first-order valence-corrected chi connectivity index (χ1v) is 8.15. The van der Waals surface area contributed by atoms with Crippen LogP contribution in [0.4, 0.5) is 0 Å². The summed E-state index contributed by atoms with van der Waals surface area (Å²) in [5.41, 5.74) is 4.32. The lowest BCUT2D eigenvalue weighted by Crippen LogP contribution is -2.35. The van der Waals surface area contributed by atoms with Gasteiger partial charge in [-0.1, -0.05) is 39.7 Å². The Kier molecular flexibility index (Phi) is 5.25. The van der Waals surface area contributed by atoms with Gasteiger partial charge in [-0.15, -0.1) is 0 Å². The fourth-order valence-electron chi connectivity index (χ4n) is 2.90. The number of nitrogens with zero attached hydrogens (tertiary/aromatic N) is 1. The van der Waals surface area contributed by atoms with Crippen LogP contribution in [0.5, 0.6) is 0 Å². The molecule has 0 saturated carbocycles. The molecule has 18 heavy (non-hydrogen) atoms. The van der Waals surface area contributed by atoms with Crippen molar-refractivity contribution in [3.05, 3.63) is 34.9 Å². The molecule has 1 fully saturated rings. The molecule has 100 valence electrons. The first-order valence-electron chi connectivity index (χ1n) is 7.03. The van der Waals surface area contributed by atoms with Crippen molar-refractivity contribution >= 4 is 15.9 Å². The minimum absolute atomic E-state index is 0.892. The van der Waals surface area contributed by atoms with Gasteiger partial charge in [0.05, 0.1) is 0 Å². The predicted molar refractivity (Wildman–Crippen MR) is 82.3 cm³/mol. The van der Waals surface area contributed by atoms with Gasteiger partial charge in [-0.2, -0.15) is 0 Å². The molecular weight excluding hydrogens is 286 g/mol. The molecule has 1 aromatic carbocycles. The fraction of sp³-hybridized carbons (Fsp3) is 0.625. The summed E-state index contributed by atoms with van der Waals surface area (Å²) in [6.07, 6.45) is 4.10. The second-order valence-electron chi connectivity index (χ2n) is 5.65. The second kappa shape index (κ2) is 6.72. The van der Waals surface area contributed by atoms with Gasteiger partial charge in [-0.25, -0.2) is 0 Å². The minimum atomic E-state index is 0.892. The van der Waals surface area contributed by atoms with E-state index in [1.54, 1.807) is 0 Å². The Morgan fingerprint density at radius 1 is 1.33 bits per heavy atom. The monoisotopic (exact) mass is 309 g/mol. The van der Waals surface area contributed by atoms with Crippen molar-refractivity contribution in [3.63, 3.8) is 0 Å². The molecule has 0 radical (unpaired) electrons. The zero-order valence-corrected chi connectivity index (χ0v) is 13.2. The van der Waals surface area contributed by atoms with Crippen LogP contribution in [0.3, 0.4) is 0 Å². The lowest BCUT2D eigenvalue weighted by molar-refractivity contribution is 0.165. The van der Waals surface area contributed by atoms with E-state index in [1.807, 2.05) is 0 Å². The minimum Gasteiger partial charge on any atom is -0.299 e. The van der Waals surface area contributed by atoms with Crippen LogP contribution in [-0.4, -0.2) is 23.3 Å². The Hall–Kier alpha value is -0.340. The molecule has 1 heterocycles. The quantitative estimate of drug-likeness (QED) is 0.750. The molecule has 0 aromatic heterocycles. The van der Waals surface area contributed by atoms with Crippen LogP contribution in [0.1, 0.15) is 36.0 Å². The van der Waals surface area contributed by atoms with Gasteiger partial charge in [-0.05, 0) is 56.7 Å². The molecule has 1 aliphatic heterocycles. The zero-order valence-electron chi connectivity index (χ0n) is 11.6. The van der Waals surface area contributed by atoms with Gasteiger partial charge in [0.1, 0.15) is 0 Å². The maximum absolute atomic E-state index is 3.57. The normalized spacial score (nSPS) is 21.2. The molecule has 1 aliphatic rings. The molecule has 0 N–H and O–H groups in total.